The van der Waals surface area contributed by atoms with E-state index in [1.165, 1.54) is 13.3 Å². The molecule has 0 atom stereocenters. The third kappa shape index (κ3) is 3.88. The van der Waals surface area contributed by atoms with E-state index in [0.29, 0.717) is 22.6 Å². The zero-order chi connectivity index (χ0) is 15.2. The van der Waals surface area contributed by atoms with Crippen LogP contribution in [0, 0.1) is 0 Å². The van der Waals surface area contributed by atoms with Crippen LogP contribution >= 0.6 is 15.9 Å². The number of methoxy groups -OCH3 is 1. The number of carbonyl (C=O) groups excluding carboxylic acids is 2. The van der Waals surface area contributed by atoms with Crippen molar-refractivity contribution in [2.75, 3.05) is 7.11 Å². The molecule has 0 aliphatic heterocycles. The zero-order valence-electron chi connectivity index (χ0n) is 11.2. The van der Waals surface area contributed by atoms with E-state index in [1.807, 2.05) is 0 Å². The van der Waals surface area contributed by atoms with Gasteiger partial charge in [-0.3, -0.25) is 9.78 Å². The van der Waals surface area contributed by atoms with Gasteiger partial charge < -0.3 is 9.47 Å². The number of hydrogen-bond donors (Lipinski definition) is 0. The number of benzene rings is 1. The Morgan fingerprint density at radius 1 is 1.33 bits per heavy atom. The summed E-state index contributed by atoms with van der Waals surface area (Å²) in [4.78, 5) is 26.4. The molecule has 0 bridgehead atoms. The molecule has 21 heavy (non-hydrogen) atoms. The molecule has 6 heteroatoms. The fraction of sp³-hybridized carbons (Fsp3) is 0.133. The third-order valence-corrected chi connectivity index (χ3v) is 3.21. The van der Waals surface area contributed by atoms with Gasteiger partial charge in [0.1, 0.15) is 12.4 Å². The Morgan fingerprint density at radius 2 is 2.14 bits per heavy atom. The molecule has 0 unspecified atom stereocenters. The van der Waals surface area contributed by atoms with Crippen molar-refractivity contribution in [2.45, 2.75) is 6.61 Å². The molecule has 1 aromatic heterocycles. The first-order chi connectivity index (χ1) is 10.1. The molecular weight excluding hydrogens is 338 g/mol. The van der Waals surface area contributed by atoms with Crippen molar-refractivity contribution in [3.8, 4) is 5.75 Å². The summed E-state index contributed by atoms with van der Waals surface area (Å²) in [6, 6.07) is 8.45. The van der Waals surface area contributed by atoms with E-state index >= 15 is 0 Å². The Labute approximate surface area is 130 Å². The summed E-state index contributed by atoms with van der Waals surface area (Å²) in [6.07, 6.45) is 2.15. The number of halogens is 1. The molecule has 0 radical (unpaired) electrons. The zero-order valence-corrected chi connectivity index (χ0v) is 12.8. The van der Waals surface area contributed by atoms with Gasteiger partial charge in [0.05, 0.1) is 23.9 Å². The minimum Gasteiger partial charge on any atom is -0.487 e. The highest BCUT2D eigenvalue weighted by Crippen LogP contribution is 2.22. The first-order valence-electron chi connectivity index (χ1n) is 6.05. The Balaban J connectivity index is 2.06. The van der Waals surface area contributed by atoms with Crippen molar-refractivity contribution >= 4 is 28.2 Å². The van der Waals surface area contributed by atoms with Crippen LogP contribution in [-0.2, 0) is 11.3 Å². The number of ether oxygens (including phenoxy) is 2. The molecule has 1 aromatic carbocycles. The molecular formula is C15H12BrNO4. The molecule has 0 spiro atoms. The summed E-state index contributed by atoms with van der Waals surface area (Å²) in [5.41, 5.74) is 1.47. The molecule has 5 nitrogen and oxygen atoms in total. The largest absolute Gasteiger partial charge is 0.487 e. The van der Waals surface area contributed by atoms with Crippen LogP contribution in [0.1, 0.15) is 26.4 Å². The number of hydrogen-bond acceptors (Lipinski definition) is 5. The molecule has 0 N–H and O–H groups in total. The van der Waals surface area contributed by atoms with Crippen molar-refractivity contribution in [2.24, 2.45) is 0 Å². The summed E-state index contributed by atoms with van der Waals surface area (Å²) in [5, 5.41) is 0. The van der Waals surface area contributed by atoms with E-state index in [0.717, 1.165) is 10.8 Å². The van der Waals surface area contributed by atoms with Gasteiger partial charge in [0.2, 0.25) is 0 Å². The summed E-state index contributed by atoms with van der Waals surface area (Å²) in [7, 11) is 1.31. The van der Waals surface area contributed by atoms with Gasteiger partial charge in [-0.05, 0) is 30.3 Å². The maximum absolute atomic E-state index is 11.3. The Morgan fingerprint density at radius 3 is 2.76 bits per heavy atom. The van der Waals surface area contributed by atoms with Crippen LogP contribution in [-0.4, -0.2) is 24.3 Å². The lowest BCUT2D eigenvalue weighted by molar-refractivity contribution is 0.0600. The lowest BCUT2D eigenvalue weighted by Crippen LogP contribution is -2.04. The SMILES string of the molecule is COC(=O)c1ccc(COc2ccc(Br)cc2C=O)nc1. The molecule has 0 aliphatic rings. The third-order valence-electron chi connectivity index (χ3n) is 2.72. The normalized spacial score (nSPS) is 10.0. The first-order valence-corrected chi connectivity index (χ1v) is 6.84. The molecule has 2 aromatic rings. The van der Waals surface area contributed by atoms with Crippen molar-refractivity contribution < 1.29 is 19.1 Å². The monoisotopic (exact) mass is 349 g/mol. The van der Waals surface area contributed by atoms with Gasteiger partial charge in [0.25, 0.3) is 0 Å². The number of aldehydes is 1. The number of rotatable bonds is 5. The van der Waals surface area contributed by atoms with Crippen molar-refractivity contribution in [1.82, 2.24) is 4.98 Å². The molecule has 0 amide bonds. The summed E-state index contributed by atoms with van der Waals surface area (Å²) in [5.74, 6) is 0.0400. The summed E-state index contributed by atoms with van der Waals surface area (Å²) in [6.45, 7) is 0.198. The van der Waals surface area contributed by atoms with Crippen molar-refractivity contribution in [1.29, 1.82) is 0 Å². The molecule has 0 aliphatic carbocycles. The van der Waals surface area contributed by atoms with Crippen LogP contribution in [0.25, 0.3) is 0 Å². The fourth-order valence-electron chi connectivity index (χ4n) is 1.64. The van der Waals surface area contributed by atoms with E-state index in [2.05, 4.69) is 25.7 Å². The first kappa shape index (κ1) is 15.2. The van der Waals surface area contributed by atoms with Gasteiger partial charge in [0.15, 0.2) is 6.29 Å². The number of esters is 1. The fourth-order valence-corrected chi connectivity index (χ4v) is 2.02. The van der Waals surface area contributed by atoms with Crippen LogP contribution < -0.4 is 4.74 Å². The van der Waals surface area contributed by atoms with Crippen LogP contribution in [0.4, 0.5) is 0 Å². The van der Waals surface area contributed by atoms with E-state index in [4.69, 9.17) is 4.74 Å². The smallest absolute Gasteiger partial charge is 0.339 e. The van der Waals surface area contributed by atoms with Gasteiger partial charge in [-0.25, -0.2) is 4.79 Å². The molecule has 2 rings (SSSR count). The lowest BCUT2D eigenvalue weighted by atomic mass is 10.2. The molecule has 0 fully saturated rings. The second-order valence-electron chi connectivity index (χ2n) is 4.12. The van der Waals surface area contributed by atoms with E-state index in [-0.39, 0.29) is 6.61 Å². The topological polar surface area (TPSA) is 65.5 Å². The van der Waals surface area contributed by atoms with Crippen LogP contribution in [0.15, 0.2) is 41.0 Å². The maximum Gasteiger partial charge on any atom is 0.339 e. The minimum atomic E-state index is -0.439. The highest BCUT2D eigenvalue weighted by atomic mass is 79.9. The number of pyridine rings is 1. The molecule has 1 heterocycles. The Bertz CT molecular complexity index is 655. The van der Waals surface area contributed by atoms with Crippen LogP contribution in [0.5, 0.6) is 5.75 Å². The van der Waals surface area contributed by atoms with E-state index in [9.17, 15) is 9.59 Å². The summed E-state index contributed by atoms with van der Waals surface area (Å²) < 4.78 is 11.0. The van der Waals surface area contributed by atoms with Crippen molar-refractivity contribution in [3.63, 3.8) is 0 Å². The minimum absolute atomic E-state index is 0.198. The number of nitrogens with zero attached hydrogens (tertiary/aromatic N) is 1. The number of aromatic nitrogens is 1. The quantitative estimate of drug-likeness (QED) is 0.613. The van der Waals surface area contributed by atoms with Gasteiger partial charge in [-0.1, -0.05) is 15.9 Å². The average Bonchev–Trinajstić information content (AvgIpc) is 2.53. The molecule has 0 saturated heterocycles. The standard InChI is InChI=1S/C15H12BrNO4/c1-20-15(19)10-2-4-13(17-7-10)9-21-14-5-3-12(16)6-11(14)8-18/h2-8H,9H2,1H3. The predicted octanol–water partition coefficient (Wildman–Crippen LogP) is 3.02. The molecule has 108 valence electrons. The van der Waals surface area contributed by atoms with Gasteiger partial charge in [-0.2, -0.15) is 0 Å². The van der Waals surface area contributed by atoms with Gasteiger partial charge in [-0.15, -0.1) is 0 Å². The second-order valence-corrected chi connectivity index (χ2v) is 5.03. The van der Waals surface area contributed by atoms with Gasteiger partial charge >= 0.3 is 5.97 Å². The second kappa shape index (κ2) is 6.99. The Hall–Kier alpha value is -2.21. The van der Waals surface area contributed by atoms with Crippen molar-refractivity contribution in [3.05, 3.63) is 57.8 Å². The maximum atomic E-state index is 11.3. The average molecular weight is 350 g/mol. The lowest BCUT2D eigenvalue weighted by Gasteiger charge is -2.08. The highest BCUT2D eigenvalue weighted by molar-refractivity contribution is 9.10. The predicted molar refractivity (Wildman–Crippen MR) is 79.4 cm³/mol. The highest BCUT2D eigenvalue weighted by Gasteiger charge is 2.07. The number of carbonyl (C=O) groups is 2. The van der Waals surface area contributed by atoms with Crippen LogP contribution in [0.3, 0.4) is 0 Å². The van der Waals surface area contributed by atoms with E-state index < -0.39 is 5.97 Å². The van der Waals surface area contributed by atoms with Crippen LogP contribution in [0.2, 0.25) is 0 Å². The Kier molecular flexibility index (Phi) is 5.05. The van der Waals surface area contributed by atoms with E-state index in [1.54, 1.807) is 30.3 Å². The molecule has 0 saturated carbocycles. The van der Waals surface area contributed by atoms with Gasteiger partial charge in [0, 0.05) is 10.7 Å². The summed E-state index contributed by atoms with van der Waals surface area (Å²) >= 11 is 3.29.